The Balaban J connectivity index is 1.25. The van der Waals surface area contributed by atoms with Gasteiger partial charge in [0.15, 0.2) is 38.8 Å². The van der Waals surface area contributed by atoms with Crippen molar-refractivity contribution in [2.45, 2.75) is 28.5 Å². The van der Waals surface area contributed by atoms with Crippen molar-refractivity contribution in [3.05, 3.63) is 130 Å². The zero-order valence-electron chi connectivity index (χ0n) is 28.7. The van der Waals surface area contributed by atoms with Crippen LogP contribution in [0.25, 0.3) is 0 Å². The molecule has 0 spiro atoms. The zero-order valence-corrected chi connectivity index (χ0v) is 30.2. The number of hydrogen-bond acceptors (Lipinski definition) is 7. The molecular formula is C40H25Cl2F5N2O7. The number of imide groups is 2. The van der Waals surface area contributed by atoms with Gasteiger partial charge in [-0.05, 0) is 49.1 Å². The Morgan fingerprint density at radius 2 is 1.38 bits per heavy atom. The second kappa shape index (κ2) is 13.0. The maximum absolute atomic E-state index is 15.3. The van der Waals surface area contributed by atoms with Crippen molar-refractivity contribution in [1.82, 2.24) is 0 Å². The fourth-order valence-electron chi connectivity index (χ4n) is 8.62. The van der Waals surface area contributed by atoms with Crippen molar-refractivity contribution in [2.75, 3.05) is 16.9 Å². The largest absolute Gasteiger partial charge is 0.508 e. The monoisotopic (exact) mass is 810 g/mol. The van der Waals surface area contributed by atoms with Gasteiger partial charge in [0.2, 0.25) is 17.6 Å². The number of methoxy groups -OCH3 is 1. The van der Waals surface area contributed by atoms with Gasteiger partial charge in [0.25, 0.3) is 11.8 Å². The number of allylic oxidation sites excluding steroid dienone is 2. The molecule has 2 aliphatic heterocycles. The summed E-state index contributed by atoms with van der Waals surface area (Å²) in [6, 6.07) is 17.8. The van der Waals surface area contributed by atoms with E-state index in [1.165, 1.54) is 43.5 Å². The molecule has 6 unspecified atom stereocenters. The number of anilines is 2. The molecule has 8 rings (SSSR count). The average Bonchev–Trinajstić information content (AvgIpc) is 3.54. The lowest BCUT2D eigenvalue weighted by Crippen LogP contribution is -2.60. The first-order valence-electron chi connectivity index (χ1n) is 17.0. The number of aromatic hydroxyl groups is 1. The Bertz CT molecular complexity index is 2440. The van der Waals surface area contributed by atoms with Crippen LogP contribution in [0.15, 0.2) is 84.4 Å². The number of phenolic OH excluding ortho intramolecular Hbond substituents is 1. The molecule has 2 saturated heterocycles. The van der Waals surface area contributed by atoms with E-state index in [9.17, 15) is 42.3 Å². The third kappa shape index (κ3) is 4.94. The van der Waals surface area contributed by atoms with Crippen LogP contribution in [-0.4, -0.2) is 51.4 Å². The Morgan fingerprint density at radius 1 is 0.768 bits per heavy atom. The highest BCUT2D eigenvalue weighted by molar-refractivity contribution is 6.58. The number of halogens is 7. The number of hydrogen-bond donors (Lipinski definition) is 1. The number of carbonyl (C=O) groups is 5. The van der Waals surface area contributed by atoms with E-state index in [-0.39, 0.29) is 51.0 Å². The van der Waals surface area contributed by atoms with Gasteiger partial charge in [-0.15, -0.1) is 23.2 Å². The molecule has 286 valence electrons. The van der Waals surface area contributed by atoms with E-state index in [2.05, 4.69) is 0 Å². The Hall–Kier alpha value is -5.60. The van der Waals surface area contributed by atoms with Crippen LogP contribution in [0.2, 0.25) is 0 Å². The molecule has 0 aromatic heterocycles. The number of ketones is 1. The van der Waals surface area contributed by atoms with Gasteiger partial charge in [0.05, 0.1) is 24.6 Å². The molecule has 4 aliphatic rings. The Kier molecular flexibility index (Phi) is 8.66. The predicted molar refractivity (Wildman–Crippen MR) is 190 cm³/mol. The molecule has 2 aliphatic carbocycles. The van der Waals surface area contributed by atoms with Gasteiger partial charge < -0.3 is 9.84 Å². The van der Waals surface area contributed by atoms with E-state index in [0.29, 0.717) is 5.56 Å². The van der Waals surface area contributed by atoms with Crippen molar-refractivity contribution in [3.8, 4) is 11.5 Å². The maximum atomic E-state index is 15.3. The molecule has 4 aromatic rings. The number of amides is 4. The quantitative estimate of drug-likeness (QED) is 0.0420. The van der Waals surface area contributed by atoms with Gasteiger partial charge in [-0.2, -0.15) is 0 Å². The van der Waals surface area contributed by atoms with Gasteiger partial charge >= 0.3 is 0 Å². The van der Waals surface area contributed by atoms with Crippen LogP contribution in [-0.2, 0) is 19.2 Å². The first kappa shape index (κ1) is 37.3. The number of alkyl halides is 2. The predicted octanol–water partition coefficient (Wildman–Crippen LogP) is 7.10. The molecule has 2 heterocycles. The van der Waals surface area contributed by atoms with E-state index in [0.717, 1.165) is 11.0 Å². The van der Waals surface area contributed by atoms with Crippen molar-refractivity contribution >= 4 is 64.0 Å². The molecule has 1 saturated carbocycles. The van der Waals surface area contributed by atoms with Crippen molar-refractivity contribution < 1.29 is 55.8 Å². The van der Waals surface area contributed by atoms with Crippen LogP contribution in [0.5, 0.6) is 11.5 Å². The van der Waals surface area contributed by atoms with Gasteiger partial charge in [-0.3, -0.25) is 28.9 Å². The third-order valence-corrected chi connectivity index (χ3v) is 12.6. The number of carbonyl (C=O) groups excluding carboxylic acids is 5. The lowest BCUT2D eigenvalue weighted by Gasteiger charge is -2.50. The van der Waals surface area contributed by atoms with Crippen LogP contribution in [0, 0.1) is 46.8 Å². The lowest BCUT2D eigenvalue weighted by molar-refractivity contribution is -0.125. The van der Waals surface area contributed by atoms with E-state index >= 15 is 8.78 Å². The Morgan fingerprint density at radius 3 is 2.00 bits per heavy atom. The topological polar surface area (TPSA) is 121 Å². The molecule has 4 aromatic carbocycles. The zero-order chi connectivity index (χ0) is 40.2. The first-order valence-corrected chi connectivity index (χ1v) is 17.8. The number of benzene rings is 4. The summed E-state index contributed by atoms with van der Waals surface area (Å²) < 4.78 is 79.3. The van der Waals surface area contributed by atoms with E-state index < -0.39 is 98.2 Å². The minimum atomic E-state index is -2.77. The van der Waals surface area contributed by atoms with Gasteiger partial charge in [-0.1, -0.05) is 48.0 Å². The summed E-state index contributed by atoms with van der Waals surface area (Å²) in [7, 11) is 1.21. The van der Waals surface area contributed by atoms with Crippen LogP contribution >= 0.6 is 23.2 Å². The number of fused-ring (bicyclic) bond motifs is 4. The standard InChI is InChI=1S/C40H25Cl2F5N2O7/c1-56-25-15-20(50)11-12-22(25)27-21-13-14-23-26(36(53)48(35(23)52)19-9-7-18(8-10-19)34(51)17-5-3-2-4-6-17)24(21)16-39(41)37(54)49(38(55)40(27,39)42)33-31(46)29(44)28(43)30(45)32(33)47/h2-13,15,23-24,26-27,50H,14,16H2,1H3. The van der Waals surface area contributed by atoms with Gasteiger partial charge in [0, 0.05) is 28.7 Å². The molecule has 1 N–H and O–H groups in total. The highest BCUT2D eigenvalue weighted by Crippen LogP contribution is 2.67. The van der Waals surface area contributed by atoms with Crippen molar-refractivity contribution in [2.24, 2.45) is 17.8 Å². The molecule has 9 nitrogen and oxygen atoms in total. The normalized spacial score (nSPS) is 26.9. The number of ether oxygens (including phenoxy) is 1. The van der Waals surface area contributed by atoms with Crippen molar-refractivity contribution in [1.29, 1.82) is 0 Å². The third-order valence-electron chi connectivity index (χ3n) is 11.2. The molecular weight excluding hydrogens is 786 g/mol. The average molecular weight is 812 g/mol. The molecule has 3 fully saturated rings. The molecule has 0 radical (unpaired) electrons. The highest BCUT2D eigenvalue weighted by atomic mass is 35.5. The summed E-state index contributed by atoms with van der Waals surface area (Å²) in [4.78, 5) is 65.6. The van der Waals surface area contributed by atoms with E-state index in [1.54, 1.807) is 36.4 Å². The minimum Gasteiger partial charge on any atom is -0.508 e. The molecule has 16 heteroatoms. The molecule has 6 atom stereocenters. The molecule has 0 bridgehead atoms. The second-order valence-corrected chi connectivity index (χ2v) is 15.1. The van der Waals surface area contributed by atoms with Crippen LogP contribution in [0.3, 0.4) is 0 Å². The van der Waals surface area contributed by atoms with Gasteiger partial charge in [-0.25, -0.2) is 26.9 Å². The van der Waals surface area contributed by atoms with Crippen LogP contribution < -0.4 is 14.5 Å². The second-order valence-electron chi connectivity index (χ2n) is 13.9. The number of phenols is 1. The van der Waals surface area contributed by atoms with Crippen LogP contribution in [0.4, 0.5) is 33.3 Å². The lowest BCUT2D eigenvalue weighted by atomic mass is 9.56. The number of rotatable bonds is 6. The minimum absolute atomic E-state index is 0.00689. The van der Waals surface area contributed by atoms with Crippen molar-refractivity contribution in [3.63, 3.8) is 0 Å². The maximum Gasteiger partial charge on any atom is 0.258 e. The summed E-state index contributed by atoms with van der Waals surface area (Å²) in [5.74, 6) is -22.8. The first-order chi connectivity index (χ1) is 26.6. The summed E-state index contributed by atoms with van der Waals surface area (Å²) in [5, 5.41) is 10.3. The summed E-state index contributed by atoms with van der Waals surface area (Å²) >= 11 is 14.4. The smallest absolute Gasteiger partial charge is 0.258 e. The summed E-state index contributed by atoms with van der Waals surface area (Å²) in [6.45, 7) is 0. The Labute approximate surface area is 323 Å². The van der Waals surface area contributed by atoms with Gasteiger partial charge in [0.1, 0.15) is 17.2 Å². The summed E-state index contributed by atoms with van der Waals surface area (Å²) in [6.07, 6.45) is 0.749. The van der Waals surface area contributed by atoms with Crippen LogP contribution in [0.1, 0.15) is 40.2 Å². The molecule has 56 heavy (non-hydrogen) atoms. The highest BCUT2D eigenvalue weighted by Gasteiger charge is 2.77. The SMILES string of the molecule is COc1cc(O)ccc1C1C2=CCC3C(=O)N(c4ccc(C(=O)c5ccccc5)cc4)C(=O)C3C2CC2(Cl)C(=O)N(c3c(F)c(F)c(F)c(F)c3F)C(=O)C12Cl. The van der Waals surface area contributed by atoms with E-state index in [4.69, 9.17) is 27.9 Å². The van der Waals surface area contributed by atoms with E-state index in [1.807, 2.05) is 0 Å². The summed E-state index contributed by atoms with van der Waals surface area (Å²) in [5.41, 5.74) is -0.862. The fourth-order valence-corrected chi connectivity index (χ4v) is 9.55. The number of nitrogens with zero attached hydrogens (tertiary/aromatic N) is 2. The molecule has 4 amide bonds. The fraction of sp³-hybridized carbons (Fsp3) is 0.225.